The lowest BCUT2D eigenvalue weighted by Crippen LogP contribution is -2.24. The molecule has 3 aromatic rings. The maximum absolute atomic E-state index is 12.2. The van der Waals surface area contributed by atoms with E-state index in [1.165, 1.54) is 0 Å². The second-order valence-electron chi connectivity index (χ2n) is 6.63. The number of methoxy groups -OCH3 is 1. The van der Waals surface area contributed by atoms with Crippen LogP contribution >= 0.6 is 0 Å². The van der Waals surface area contributed by atoms with Gasteiger partial charge in [0, 0.05) is 47.7 Å². The molecule has 2 aromatic heterocycles. The lowest BCUT2D eigenvalue weighted by Gasteiger charge is -2.07. The lowest BCUT2D eigenvalue weighted by atomic mass is 10.1. The van der Waals surface area contributed by atoms with Gasteiger partial charge in [0.15, 0.2) is 0 Å². The van der Waals surface area contributed by atoms with E-state index in [2.05, 4.69) is 15.4 Å². The molecule has 0 aliphatic rings. The Morgan fingerprint density at radius 1 is 1.30 bits per heavy atom. The van der Waals surface area contributed by atoms with Crippen LogP contribution in [0.1, 0.15) is 28.9 Å². The highest BCUT2D eigenvalue weighted by Crippen LogP contribution is 2.19. The molecule has 0 aliphatic heterocycles. The molecule has 27 heavy (non-hydrogen) atoms. The number of nitrogens with one attached hydrogen (secondary N) is 2. The highest BCUT2D eigenvalue weighted by atomic mass is 16.5. The quantitative estimate of drug-likeness (QED) is 0.698. The van der Waals surface area contributed by atoms with Crippen molar-refractivity contribution in [3.8, 4) is 5.75 Å². The Hall–Kier alpha value is -3.09. The summed E-state index contributed by atoms with van der Waals surface area (Å²) in [5.74, 6) is 0.628. The van der Waals surface area contributed by atoms with Gasteiger partial charge in [0.25, 0.3) is 5.56 Å². The molecule has 1 aromatic carbocycles. The first-order chi connectivity index (χ1) is 12.9. The number of fused-ring (bicyclic) bond motifs is 1. The maximum atomic E-state index is 12.2. The van der Waals surface area contributed by atoms with Crippen LogP contribution < -0.4 is 15.6 Å². The topological polar surface area (TPSA) is 89.0 Å². The normalized spacial score (nSPS) is 11.0. The van der Waals surface area contributed by atoms with E-state index in [0.29, 0.717) is 18.5 Å². The molecule has 0 fully saturated rings. The molecule has 0 saturated heterocycles. The lowest BCUT2D eigenvalue weighted by molar-refractivity contribution is -0.121. The van der Waals surface area contributed by atoms with Gasteiger partial charge >= 0.3 is 0 Å². The van der Waals surface area contributed by atoms with Gasteiger partial charge in [-0.05, 0) is 44.5 Å². The summed E-state index contributed by atoms with van der Waals surface area (Å²) < 4.78 is 7.03. The zero-order valence-electron chi connectivity index (χ0n) is 16.0. The zero-order chi connectivity index (χ0) is 19.6. The summed E-state index contributed by atoms with van der Waals surface area (Å²) in [6.45, 7) is 4.34. The second-order valence-corrected chi connectivity index (χ2v) is 6.63. The molecular formula is C20H24N4O3. The number of H-pyrrole nitrogens is 1. The van der Waals surface area contributed by atoms with Crippen LogP contribution in [0.3, 0.4) is 0 Å². The Bertz CT molecular complexity index is 1050. The number of aromatic amines is 1. The predicted octanol–water partition coefficient (Wildman–Crippen LogP) is 2.14. The highest BCUT2D eigenvalue weighted by molar-refractivity contribution is 5.81. The summed E-state index contributed by atoms with van der Waals surface area (Å²) >= 11 is 0. The first-order valence-corrected chi connectivity index (χ1v) is 8.84. The number of benzene rings is 1. The Morgan fingerprint density at radius 3 is 2.74 bits per heavy atom. The molecule has 7 heteroatoms. The molecule has 0 saturated carbocycles. The van der Waals surface area contributed by atoms with E-state index in [1.807, 2.05) is 39.1 Å². The minimum absolute atomic E-state index is 0.0946. The van der Waals surface area contributed by atoms with Gasteiger partial charge in [0.05, 0.1) is 12.8 Å². The Kier molecular flexibility index (Phi) is 5.30. The van der Waals surface area contributed by atoms with Crippen molar-refractivity contribution < 1.29 is 9.53 Å². The van der Waals surface area contributed by atoms with Gasteiger partial charge in [-0.2, -0.15) is 5.10 Å². The molecule has 7 nitrogen and oxygen atoms in total. The van der Waals surface area contributed by atoms with Crippen molar-refractivity contribution >= 4 is 16.8 Å². The molecule has 0 spiro atoms. The average molecular weight is 368 g/mol. The first kappa shape index (κ1) is 18.7. The van der Waals surface area contributed by atoms with E-state index < -0.39 is 0 Å². The van der Waals surface area contributed by atoms with Gasteiger partial charge in [0.1, 0.15) is 5.75 Å². The fraction of sp³-hybridized carbons (Fsp3) is 0.350. The molecule has 0 radical (unpaired) electrons. The number of ether oxygens (including phenoxy) is 1. The van der Waals surface area contributed by atoms with Crippen LogP contribution in [0.5, 0.6) is 5.75 Å². The number of nitrogens with zero attached hydrogens (tertiary/aromatic N) is 2. The summed E-state index contributed by atoms with van der Waals surface area (Å²) in [6, 6.07) is 7.29. The van der Waals surface area contributed by atoms with Crippen molar-refractivity contribution in [1.82, 2.24) is 20.1 Å². The van der Waals surface area contributed by atoms with Crippen molar-refractivity contribution in [2.75, 3.05) is 7.11 Å². The van der Waals surface area contributed by atoms with Crippen LogP contribution in [0.2, 0.25) is 0 Å². The van der Waals surface area contributed by atoms with Crippen LogP contribution in [0, 0.1) is 13.8 Å². The zero-order valence-corrected chi connectivity index (χ0v) is 16.0. The number of carbonyl (C=O) groups excluding carboxylic acids is 1. The van der Waals surface area contributed by atoms with Gasteiger partial charge in [-0.1, -0.05) is 0 Å². The van der Waals surface area contributed by atoms with Crippen molar-refractivity contribution in [2.45, 2.75) is 33.2 Å². The van der Waals surface area contributed by atoms with E-state index in [0.717, 1.165) is 33.6 Å². The first-order valence-electron chi connectivity index (χ1n) is 8.84. The third-order valence-corrected chi connectivity index (χ3v) is 4.87. The number of carbonyl (C=O) groups is 1. The number of hydrogen-bond donors (Lipinski definition) is 2. The van der Waals surface area contributed by atoms with Crippen LogP contribution in [-0.2, 0) is 24.8 Å². The minimum atomic E-state index is -0.167. The minimum Gasteiger partial charge on any atom is -0.497 e. The third kappa shape index (κ3) is 4.02. The summed E-state index contributed by atoms with van der Waals surface area (Å²) in [7, 11) is 3.48. The van der Waals surface area contributed by atoms with Crippen LogP contribution in [0.15, 0.2) is 29.1 Å². The molecule has 2 heterocycles. The molecule has 0 aliphatic carbocycles. The molecule has 3 rings (SSSR count). The van der Waals surface area contributed by atoms with Gasteiger partial charge in [-0.3, -0.25) is 14.3 Å². The van der Waals surface area contributed by atoms with E-state index in [4.69, 9.17) is 4.74 Å². The standard InChI is InChI=1S/C20H24N4O3/c1-12-17(13(2)24(3)23-12)11-21-19(25)8-5-14-9-15-10-16(27-4)6-7-18(15)22-20(14)26/h6-7,9-10H,5,8,11H2,1-4H3,(H,21,25)(H,22,26). The fourth-order valence-electron chi connectivity index (χ4n) is 3.14. The molecule has 0 unspecified atom stereocenters. The molecule has 142 valence electrons. The summed E-state index contributed by atoms with van der Waals surface area (Å²) in [6.07, 6.45) is 0.621. The highest BCUT2D eigenvalue weighted by Gasteiger charge is 2.11. The van der Waals surface area contributed by atoms with E-state index >= 15 is 0 Å². The molecule has 0 atom stereocenters. The predicted molar refractivity (Wildman–Crippen MR) is 104 cm³/mol. The average Bonchev–Trinajstić information content (AvgIpc) is 2.89. The molecule has 0 bridgehead atoms. The van der Waals surface area contributed by atoms with Crippen LogP contribution in [-0.4, -0.2) is 27.8 Å². The van der Waals surface area contributed by atoms with Gasteiger partial charge in [-0.25, -0.2) is 0 Å². The molecule has 1 amide bonds. The Labute approximate surface area is 157 Å². The Balaban J connectivity index is 1.66. The monoisotopic (exact) mass is 368 g/mol. The number of pyridine rings is 1. The third-order valence-electron chi connectivity index (χ3n) is 4.87. The number of amides is 1. The fourth-order valence-corrected chi connectivity index (χ4v) is 3.14. The van der Waals surface area contributed by atoms with E-state index in [9.17, 15) is 9.59 Å². The van der Waals surface area contributed by atoms with Gasteiger partial charge < -0.3 is 15.0 Å². The van der Waals surface area contributed by atoms with Gasteiger partial charge in [-0.15, -0.1) is 0 Å². The number of aryl methyl sites for hydroxylation is 3. The SMILES string of the molecule is COc1ccc2[nH]c(=O)c(CCC(=O)NCc3c(C)nn(C)c3C)cc2c1. The van der Waals surface area contributed by atoms with Crippen molar-refractivity contribution in [1.29, 1.82) is 0 Å². The largest absolute Gasteiger partial charge is 0.497 e. The summed E-state index contributed by atoms with van der Waals surface area (Å²) in [5, 5.41) is 8.14. The maximum Gasteiger partial charge on any atom is 0.251 e. The number of hydrogen-bond acceptors (Lipinski definition) is 4. The summed E-state index contributed by atoms with van der Waals surface area (Å²) in [5.41, 5.74) is 4.14. The van der Waals surface area contributed by atoms with Crippen LogP contribution in [0.25, 0.3) is 10.9 Å². The van der Waals surface area contributed by atoms with Gasteiger partial charge in [0.2, 0.25) is 5.91 Å². The second kappa shape index (κ2) is 7.65. The number of rotatable bonds is 6. The van der Waals surface area contributed by atoms with Crippen LogP contribution in [0.4, 0.5) is 0 Å². The Morgan fingerprint density at radius 2 is 2.07 bits per heavy atom. The number of aromatic nitrogens is 3. The van der Waals surface area contributed by atoms with Crippen molar-refractivity contribution in [2.24, 2.45) is 7.05 Å². The van der Waals surface area contributed by atoms with Crippen molar-refractivity contribution in [3.63, 3.8) is 0 Å². The molecular weight excluding hydrogens is 344 g/mol. The molecule has 2 N–H and O–H groups in total. The summed E-state index contributed by atoms with van der Waals surface area (Å²) in [4.78, 5) is 27.3. The van der Waals surface area contributed by atoms with Crippen molar-refractivity contribution in [3.05, 3.63) is 57.1 Å². The van der Waals surface area contributed by atoms with E-state index in [-0.39, 0.29) is 17.9 Å². The smallest absolute Gasteiger partial charge is 0.251 e. The van der Waals surface area contributed by atoms with E-state index in [1.54, 1.807) is 17.9 Å².